The predicted molar refractivity (Wildman–Crippen MR) is 103 cm³/mol. The Bertz CT molecular complexity index is 947. The van der Waals surface area contributed by atoms with Crippen LogP contribution in [0.4, 0.5) is 11.4 Å². The highest BCUT2D eigenvalue weighted by atomic mass is 35.5. The van der Waals surface area contributed by atoms with Crippen LogP contribution in [0.25, 0.3) is 0 Å². The van der Waals surface area contributed by atoms with Crippen LogP contribution < -0.4 is 9.62 Å². The van der Waals surface area contributed by atoms with E-state index in [1.54, 1.807) is 24.3 Å². The van der Waals surface area contributed by atoms with Gasteiger partial charge in [0, 0.05) is 23.7 Å². The van der Waals surface area contributed by atoms with E-state index in [9.17, 15) is 23.3 Å². The first-order valence-corrected chi connectivity index (χ1v) is 10.1. The highest BCUT2D eigenvalue weighted by Gasteiger charge is 2.29. The summed E-state index contributed by atoms with van der Waals surface area (Å²) in [6, 6.07) is 10.9. The maximum absolute atomic E-state index is 12.5. The van der Waals surface area contributed by atoms with Gasteiger partial charge >= 0.3 is 0 Å². The summed E-state index contributed by atoms with van der Waals surface area (Å²) < 4.78 is 25.3. The first kappa shape index (κ1) is 20.7. The molecule has 0 aliphatic rings. The van der Waals surface area contributed by atoms with Gasteiger partial charge in [0.2, 0.25) is 15.9 Å². The highest BCUT2D eigenvalue weighted by Crippen LogP contribution is 2.25. The molecule has 0 spiro atoms. The van der Waals surface area contributed by atoms with Crippen molar-refractivity contribution in [1.82, 2.24) is 5.32 Å². The molecule has 0 fully saturated rings. The Balaban J connectivity index is 2.23. The molecule has 0 radical (unpaired) electrons. The molecule has 0 heterocycles. The van der Waals surface area contributed by atoms with Crippen molar-refractivity contribution in [2.75, 3.05) is 10.6 Å². The molecule has 2 rings (SSSR count). The van der Waals surface area contributed by atoms with Gasteiger partial charge in [-0.05, 0) is 30.7 Å². The van der Waals surface area contributed by atoms with Crippen LogP contribution in [-0.4, -0.2) is 31.5 Å². The Labute approximate surface area is 162 Å². The average Bonchev–Trinajstić information content (AvgIpc) is 2.60. The molecule has 1 N–H and O–H groups in total. The average molecular weight is 412 g/mol. The second-order valence-corrected chi connectivity index (χ2v) is 8.15. The fraction of sp³-hybridized carbons (Fsp3) is 0.235. The molecule has 0 aromatic heterocycles. The largest absolute Gasteiger partial charge is 0.350 e. The number of hydrogen-bond donors (Lipinski definition) is 1. The minimum atomic E-state index is -3.86. The summed E-state index contributed by atoms with van der Waals surface area (Å²) in [5.41, 5.74) is 0.567. The molecule has 0 bridgehead atoms. The van der Waals surface area contributed by atoms with Crippen LogP contribution >= 0.6 is 11.6 Å². The van der Waals surface area contributed by atoms with E-state index in [0.29, 0.717) is 5.02 Å². The Kier molecular flexibility index (Phi) is 6.40. The molecule has 1 atom stereocenters. The van der Waals surface area contributed by atoms with Gasteiger partial charge in [-0.15, -0.1) is 0 Å². The molecule has 144 valence electrons. The van der Waals surface area contributed by atoms with Crippen molar-refractivity contribution in [1.29, 1.82) is 0 Å². The van der Waals surface area contributed by atoms with Crippen molar-refractivity contribution in [3.8, 4) is 0 Å². The number of non-ortho nitro benzene ring substituents is 1. The topological polar surface area (TPSA) is 110 Å². The molecule has 0 aliphatic heterocycles. The Morgan fingerprint density at radius 3 is 2.44 bits per heavy atom. The Morgan fingerprint density at radius 1 is 1.26 bits per heavy atom. The lowest BCUT2D eigenvalue weighted by atomic mass is 10.2. The maximum Gasteiger partial charge on any atom is 0.271 e. The van der Waals surface area contributed by atoms with Gasteiger partial charge in [0.15, 0.2) is 0 Å². The standard InChI is InChI=1S/C17H18ClN3O5S/c1-12(17(22)19-11-13-6-8-14(18)9-7-13)20(27(2,25)26)15-4-3-5-16(10-15)21(23)24/h3-10,12H,11H2,1-2H3,(H,19,22)/t12-/m1/s1. The van der Waals surface area contributed by atoms with Gasteiger partial charge in [-0.25, -0.2) is 8.42 Å². The molecular formula is C17H18ClN3O5S. The molecule has 27 heavy (non-hydrogen) atoms. The normalized spacial score (nSPS) is 12.3. The molecular weight excluding hydrogens is 394 g/mol. The van der Waals surface area contributed by atoms with E-state index < -0.39 is 26.9 Å². The van der Waals surface area contributed by atoms with Crippen LogP contribution in [0.15, 0.2) is 48.5 Å². The van der Waals surface area contributed by atoms with Crippen molar-refractivity contribution in [2.45, 2.75) is 19.5 Å². The van der Waals surface area contributed by atoms with E-state index in [2.05, 4.69) is 5.32 Å². The monoisotopic (exact) mass is 411 g/mol. The van der Waals surface area contributed by atoms with Crippen LogP contribution in [0.1, 0.15) is 12.5 Å². The van der Waals surface area contributed by atoms with Gasteiger partial charge in [-0.2, -0.15) is 0 Å². The number of amides is 1. The SMILES string of the molecule is C[C@H](C(=O)NCc1ccc(Cl)cc1)N(c1cccc([N+](=O)[O-])c1)S(C)(=O)=O. The molecule has 1 amide bonds. The van der Waals surface area contributed by atoms with Crippen molar-refractivity contribution in [2.24, 2.45) is 0 Å². The molecule has 2 aromatic carbocycles. The highest BCUT2D eigenvalue weighted by molar-refractivity contribution is 7.92. The summed E-state index contributed by atoms with van der Waals surface area (Å²) in [6.45, 7) is 1.60. The van der Waals surface area contributed by atoms with Crippen LogP contribution in [-0.2, 0) is 21.4 Å². The summed E-state index contributed by atoms with van der Waals surface area (Å²) in [5.74, 6) is -0.540. The van der Waals surface area contributed by atoms with Gasteiger partial charge < -0.3 is 5.32 Å². The number of rotatable bonds is 7. The number of hydrogen-bond acceptors (Lipinski definition) is 5. The number of sulfonamides is 1. The molecule has 2 aromatic rings. The summed E-state index contributed by atoms with van der Waals surface area (Å²) in [6.07, 6.45) is 0.939. The third-order valence-corrected chi connectivity index (χ3v) is 5.26. The van der Waals surface area contributed by atoms with Crippen molar-refractivity contribution >= 4 is 38.9 Å². The van der Waals surface area contributed by atoms with Crippen LogP contribution in [0.3, 0.4) is 0 Å². The summed E-state index contributed by atoms with van der Waals surface area (Å²) in [4.78, 5) is 22.8. The van der Waals surface area contributed by atoms with Crippen LogP contribution in [0, 0.1) is 10.1 Å². The zero-order valence-electron chi connectivity index (χ0n) is 14.6. The third-order valence-electron chi connectivity index (χ3n) is 3.76. The molecule has 0 aliphatic carbocycles. The van der Waals surface area contributed by atoms with Crippen molar-refractivity contribution < 1.29 is 18.1 Å². The van der Waals surface area contributed by atoms with E-state index in [4.69, 9.17) is 11.6 Å². The van der Waals surface area contributed by atoms with Gasteiger partial charge in [-0.3, -0.25) is 19.2 Å². The van der Waals surface area contributed by atoms with Gasteiger partial charge in [-0.1, -0.05) is 29.8 Å². The molecule has 0 unspecified atom stereocenters. The Morgan fingerprint density at radius 2 is 1.89 bits per heavy atom. The van der Waals surface area contributed by atoms with E-state index in [0.717, 1.165) is 22.2 Å². The number of nitro benzene ring substituents is 1. The summed E-state index contributed by atoms with van der Waals surface area (Å²) >= 11 is 5.81. The van der Waals surface area contributed by atoms with E-state index in [1.165, 1.54) is 25.1 Å². The fourth-order valence-electron chi connectivity index (χ4n) is 2.49. The predicted octanol–water partition coefficient (Wildman–Crippen LogP) is 2.72. The number of benzene rings is 2. The maximum atomic E-state index is 12.5. The summed E-state index contributed by atoms with van der Waals surface area (Å²) in [5, 5.41) is 14.2. The first-order valence-electron chi connectivity index (χ1n) is 7.85. The second-order valence-electron chi connectivity index (χ2n) is 5.86. The zero-order chi connectivity index (χ0) is 20.2. The molecule has 8 nitrogen and oxygen atoms in total. The number of nitrogens with zero attached hydrogens (tertiary/aromatic N) is 2. The lowest BCUT2D eigenvalue weighted by Crippen LogP contribution is -2.47. The lowest BCUT2D eigenvalue weighted by Gasteiger charge is -2.28. The quantitative estimate of drug-likeness (QED) is 0.556. The number of halogens is 1. The third kappa shape index (κ3) is 5.41. The molecule has 0 saturated carbocycles. The summed E-state index contributed by atoms with van der Waals surface area (Å²) in [7, 11) is -3.86. The fourth-order valence-corrected chi connectivity index (χ4v) is 3.78. The van der Waals surface area contributed by atoms with E-state index >= 15 is 0 Å². The first-order chi connectivity index (χ1) is 12.6. The number of anilines is 1. The van der Waals surface area contributed by atoms with Gasteiger partial charge in [0.05, 0.1) is 16.9 Å². The number of nitrogens with one attached hydrogen (secondary N) is 1. The van der Waals surface area contributed by atoms with Gasteiger partial charge in [0.25, 0.3) is 5.69 Å². The zero-order valence-corrected chi connectivity index (χ0v) is 16.2. The number of carbonyl (C=O) groups excluding carboxylic acids is 1. The molecule has 10 heteroatoms. The minimum absolute atomic E-state index is 0.0424. The second kappa shape index (κ2) is 8.36. The lowest BCUT2D eigenvalue weighted by molar-refractivity contribution is -0.384. The van der Waals surface area contributed by atoms with Crippen molar-refractivity contribution in [3.63, 3.8) is 0 Å². The van der Waals surface area contributed by atoms with E-state index in [1.807, 2.05) is 0 Å². The van der Waals surface area contributed by atoms with Crippen LogP contribution in [0.5, 0.6) is 0 Å². The number of carbonyl (C=O) groups is 1. The molecule has 0 saturated heterocycles. The van der Waals surface area contributed by atoms with Crippen molar-refractivity contribution in [3.05, 3.63) is 69.2 Å². The number of nitro groups is 1. The van der Waals surface area contributed by atoms with Crippen LogP contribution in [0.2, 0.25) is 5.02 Å². The van der Waals surface area contributed by atoms with E-state index in [-0.39, 0.29) is 17.9 Å². The smallest absolute Gasteiger partial charge is 0.271 e. The Hall–Kier alpha value is -2.65. The minimum Gasteiger partial charge on any atom is -0.350 e. The van der Waals surface area contributed by atoms with Gasteiger partial charge in [0.1, 0.15) is 6.04 Å².